The summed E-state index contributed by atoms with van der Waals surface area (Å²) in [5.41, 5.74) is 0.471. The zero-order valence-corrected chi connectivity index (χ0v) is 9.60. The van der Waals surface area contributed by atoms with Crippen molar-refractivity contribution in [2.24, 2.45) is 0 Å². The minimum atomic E-state index is -0.757. The number of hydrogen-bond donors (Lipinski definition) is 0. The van der Waals surface area contributed by atoms with Crippen molar-refractivity contribution in [3.05, 3.63) is 23.0 Å². The van der Waals surface area contributed by atoms with Gasteiger partial charge in [0.2, 0.25) is 5.78 Å². The highest BCUT2D eigenvalue weighted by atomic mass is 16.6. The molecule has 1 saturated heterocycles. The van der Waals surface area contributed by atoms with Crippen molar-refractivity contribution in [3.8, 4) is 0 Å². The summed E-state index contributed by atoms with van der Waals surface area (Å²) in [5.74, 6) is -1.16. The van der Waals surface area contributed by atoms with Crippen molar-refractivity contribution < 1.29 is 28.6 Å². The molecule has 0 aromatic carbocycles. The molecular weight excluding hydrogens is 240 g/mol. The summed E-state index contributed by atoms with van der Waals surface area (Å²) in [4.78, 5) is 35.2. The molecule has 3 rings (SSSR count). The molecule has 1 aliphatic carbocycles. The van der Waals surface area contributed by atoms with Gasteiger partial charge in [0.1, 0.15) is 6.10 Å². The molecule has 0 aromatic rings. The topological polar surface area (TPSA) is 78.9 Å². The first-order valence-electron chi connectivity index (χ1n) is 5.50. The van der Waals surface area contributed by atoms with E-state index in [-0.39, 0.29) is 41.5 Å². The Morgan fingerprint density at radius 2 is 2.11 bits per heavy atom. The molecule has 18 heavy (non-hydrogen) atoms. The van der Waals surface area contributed by atoms with E-state index in [0.29, 0.717) is 0 Å². The number of carbonyl (C=O) groups is 3. The van der Waals surface area contributed by atoms with Crippen LogP contribution in [-0.2, 0) is 28.6 Å². The normalized spacial score (nSPS) is 30.7. The molecule has 2 atom stereocenters. The third-order valence-electron chi connectivity index (χ3n) is 3.26. The maximum atomic E-state index is 12.0. The standard InChI is InChI=1S/C12H10O6/c1-16-7-2-6(13)10-5(11(7)15)4-17-8-3-9(14)18-12(8)10/h2,8,12H,3-4H2,1H3/t8-,12+/m1/s1. The van der Waals surface area contributed by atoms with E-state index in [9.17, 15) is 14.4 Å². The van der Waals surface area contributed by atoms with Crippen molar-refractivity contribution in [1.82, 2.24) is 0 Å². The molecular formula is C12H10O6. The summed E-state index contributed by atoms with van der Waals surface area (Å²) < 4.78 is 15.3. The fraction of sp³-hybridized carbons (Fsp3) is 0.417. The number of fused-ring (bicyclic) bond motifs is 2. The Kier molecular flexibility index (Phi) is 2.34. The van der Waals surface area contributed by atoms with Crippen molar-refractivity contribution in [3.63, 3.8) is 0 Å². The van der Waals surface area contributed by atoms with Gasteiger partial charge in [-0.15, -0.1) is 0 Å². The second-order valence-corrected chi connectivity index (χ2v) is 4.26. The van der Waals surface area contributed by atoms with Crippen molar-refractivity contribution in [1.29, 1.82) is 0 Å². The second-order valence-electron chi connectivity index (χ2n) is 4.26. The van der Waals surface area contributed by atoms with Gasteiger partial charge in [-0.05, 0) is 0 Å². The molecule has 6 nitrogen and oxygen atoms in total. The lowest BCUT2D eigenvalue weighted by Gasteiger charge is -2.29. The zero-order valence-electron chi connectivity index (χ0n) is 9.60. The molecule has 0 amide bonds. The van der Waals surface area contributed by atoms with Gasteiger partial charge in [0.05, 0.1) is 25.7 Å². The van der Waals surface area contributed by atoms with Crippen LogP contribution in [-0.4, -0.2) is 43.5 Å². The lowest BCUT2D eigenvalue weighted by Crippen LogP contribution is -2.40. The minimum Gasteiger partial charge on any atom is -0.493 e. The van der Waals surface area contributed by atoms with Crippen LogP contribution < -0.4 is 0 Å². The number of ketones is 2. The van der Waals surface area contributed by atoms with Gasteiger partial charge < -0.3 is 14.2 Å². The van der Waals surface area contributed by atoms with Crippen molar-refractivity contribution in [2.75, 3.05) is 13.7 Å². The number of Topliss-reactive ketones (excluding diaryl/α,β-unsaturated/α-hetero) is 1. The van der Waals surface area contributed by atoms with Crippen LogP contribution in [0.25, 0.3) is 0 Å². The quantitative estimate of drug-likeness (QED) is 0.468. The van der Waals surface area contributed by atoms with Gasteiger partial charge in [0.15, 0.2) is 17.6 Å². The van der Waals surface area contributed by atoms with Crippen molar-refractivity contribution >= 4 is 17.5 Å². The summed E-state index contributed by atoms with van der Waals surface area (Å²) in [7, 11) is 1.32. The molecule has 0 radical (unpaired) electrons. The molecule has 0 N–H and O–H groups in total. The third kappa shape index (κ3) is 1.42. The molecule has 1 fully saturated rings. The fourth-order valence-electron chi connectivity index (χ4n) is 2.41. The van der Waals surface area contributed by atoms with E-state index in [4.69, 9.17) is 14.2 Å². The van der Waals surface area contributed by atoms with E-state index in [2.05, 4.69) is 0 Å². The van der Waals surface area contributed by atoms with Crippen LogP contribution in [0.5, 0.6) is 0 Å². The Bertz CT molecular complexity index is 527. The predicted molar refractivity (Wildman–Crippen MR) is 56.4 cm³/mol. The van der Waals surface area contributed by atoms with Gasteiger partial charge in [0.25, 0.3) is 0 Å². The molecule has 94 valence electrons. The van der Waals surface area contributed by atoms with E-state index in [1.165, 1.54) is 7.11 Å². The predicted octanol–water partition coefficient (Wildman–Crippen LogP) is -0.321. The number of rotatable bonds is 1. The van der Waals surface area contributed by atoms with E-state index in [1.807, 2.05) is 0 Å². The largest absolute Gasteiger partial charge is 0.493 e. The molecule has 0 aromatic heterocycles. The summed E-state index contributed by atoms with van der Waals surface area (Å²) in [6, 6.07) is 0. The van der Waals surface area contributed by atoms with E-state index >= 15 is 0 Å². The Hall–Kier alpha value is -1.95. The average molecular weight is 250 g/mol. The van der Waals surface area contributed by atoms with E-state index in [1.54, 1.807) is 0 Å². The highest BCUT2D eigenvalue weighted by molar-refractivity contribution is 6.22. The number of carbonyl (C=O) groups excluding carboxylic acids is 3. The summed E-state index contributed by atoms with van der Waals surface area (Å²) in [5, 5.41) is 0. The van der Waals surface area contributed by atoms with Crippen LogP contribution in [0.1, 0.15) is 6.42 Å². The number of allylic oxidation sites excluding steroid dienone is 2. The first-order valence-corrected chi connectivity index (χ1v) is 5.50. The van der Waals surface area contributed by atoms with Crippen LogP contribution in [0, 0.1) is 0 Å². The van der Waals surface area contributed by atoms with Gasteiger partial charge in [-0.1, -0.05) is 0 Å². The van der Waals surface area contributed by atoms with Crippen LogP contribution in [0.4, 0.5) is 0 Å². The van der Waals surface area contributed by atoms with Crippen LogP contribution >= 0.6 is 0 Å². The summed E-state index contributed by atoms with van der Waals surface area (Å²) in [6.45, 7) is 0.0123. The Morgan fingerprint density at radius 3 is 2.83 bits per heavy atom. The fourth-order valence-corrected chi connectivity index (χ4v) is 2.41. The zero-order chi connectivity index (χ0) is 12.9. The molecule has 3 aliphatic rings. The second kappa shape index (κ2) is 3.78. The van der Waals surface area contributed by atoms with Crippen molar-refractivity contribution in [2.45, 2.75) is 18.6 Å². The van der Waals surface area contributed by atoms with Crippen LogP contribution in [0.15, 0.2) is 23.0 Å². The number of hydrogen-bond acceptors (Lipinski definition) is 6. The number of ether oxygens (including phenoxy) is 3. The van der Waals surface area contributed by atoms with Crippen LogP contribution in [0.3, 0.4) is 0 Å². The Morgan fingerprint density at radius 1 is 1.33 bits per heavy atom. The lowest BCUT2D eigenvalue weighted by molar-refractivity contribution is -0.141. The highest BCUT2D eigenvalue weighted by Gasteiger charge is 2.47. The molecule has 2 heterocycles. The first kappa shape index (κ1) is 11.2. The first-order chi connectivity index (χ1) is 8.61. The van der Waals surface area contributed by atoms with E-state index in [0.717, 1.165) is 6.08 Å². The molecule has 0 saturated carbocycles. The van der Waals surface area contributed by atoms with Gasteiger partial charge in [0, 0.05) is 11.6 Å². The molecule has 0 bridgehead atoms. The third-order valence-corrected chi connectivity index (χ3v) is 3.26. The average Bonchev–Trinajstić information content (AvgIpc) is 2.72. The molecule has 6 heteroatoms. The van der Waals surface area contributed by atoms with Crippen LogP contribution in [0.2, 0.25) is 0 Å². The van der Waals surface area contributed by atoms with Gasteiger partial charge in [-0.3, -0.25) is 14.4 Å². The number of esters is 1. The van der Waals surface area contributed by atoms with Gasteiger partial charge >= 0.3 is 5.97 Å². The molecule has 0 spiro atoms. The molecule has 0 unspecified atom stereocenters. The highest BCUT2D eigenvalue weighted by Crippen LogP contribution is 2.35. The SMILES string of the molecule is COC1=CC(=O)C2=C(CO[C@@H]3CC(=O)O[C@H]23)C1=O. The maximum absolute atomic E-state index is 12.0. The number of methoxy groups -OCH3 is 1. The Labute approximate surface area is 102 Å². The summed E-state index contributed by atoms with van der Waals surface area (Å²) in [6.07, 6.45) is 0.0253. The smallest absolute Gasteiger partial charge is 0.309 e. The lowest BCUT2D eigenvalue weighted by atomic mass is 9.86. The Balaban J connectivity index is 2.04. The van der Waals surface area contributed by atoms with Gasteiger partial charge in [-0.25, -0.2) is 0 Å². The summed E-state index contributed by atoms with van der Waals surface area (Å²) >= 11 is 0. The van der Waals surface area contributed by atoms with E-state index < -0.39 is 18.2 Å². The maximum Gasteiger partial charge on any atom is 0.309 e. The molecule has 2 aliphatic heterocycles. The van der Waals surface area contributed by atoms with Gasteiger partial charge in [-0.2, -0.15) is 0 Å². The minimum absolute atomic E-state index is 0.00914. The monoisotopic (exact) mass is 250 g/mol.